The molecule has 1 aromatic carbocycles. The van der Waals surface area contributed by atoms with Gasteiger partial charge in [0.2, 0.25) is 5.88 Å². The Labute approximate surface area is 209 Å². The molecule has 36 heavy (non-hydrogen) atoms. The number of carboxylic acids is 1. The Bertz CT molecular complexity index is 1470. The summed E-state index contributed by atoms with van der Waals surface area (Å²) < 4.78 is 7.42. The van der Waals surface area contributed by atoms with Gasteiger partial charge in [-0.3, -0.25) is 0 Å². The van der Waals surface area contributed by atoms with Crippen LogP contribution >= 0.6 is 0 Å². The highest BCUT2D eigenvalue weighted by molar-refractivity contribution is 5.96. The molecule has 0 amide bonds. The molecule has 8 heteroatoms. The molecule has 0 radical (unpaired) electrons. The second kappa shape index (κ2) is 8.78. The van der Waals surface area contributed by atoms with Crippen LogP contribution in [-0.4, -0.2) is 37.9 Å². The Morgan fingerprint density at radius 1 is 1.06 bits per heavy atom. The van der Waals surface area contributed by atoms with E-state index in [0.717, 1.165) is 53.6 Å². The van der Waals surface area contributed by atoms with Crippen molar-refractivity contribution in [1.82, 2.24) is 19.7 Å². The zero-order valence-electron chi connectivity index (χ0n) is 20.2. The maximum atomic E-state index is 12.3. The maximum Gasteiger partial charge on any atom is 0.337 e. The summed E-state index contributed by atoms with van der Waals surface area (Å²) in [6, 6.07) is 13.4. The van der Waals surface area contributed by atoms with Gasteiger partial charge in [-0.1, -0.05) is 12.1 Å². The van der Waals surface area contributed by atoms with Crippen molar-refractivity contribution in [3.63, 3.8) is 0 Å². The third kappa shape index (κ3) is 3.98. The number of aryl methyl sites for hydroxylation is 1. The molecule has 182 valence electrons. The fourth-order valence-electron chi connectivity index (χ4n) is 4.70. The van der Waals surface area contributed by atoms with E-state index in [1.54, 1.807) is 30.3 Å². The number of carbonyl (C=O) groups is 1. The van der Waals surface area contributed by atoms with Crippen molar-refractivity contribution < 1.29 is 14.6 Å². The smallest absolute Gasteiger partial charge is 0.337 e. The van der Waals surface area contributed by atoms with Crippen LogP contribution in [0.4, 0.5) is 11.5 Å². The number of aromatic nitrogens is 4. The lowest BCUT2D eigenvalue weighted by Gasteiger charge is -2.16. The Morgan fingerprint density at radius 3 is 2.50 bits per heavy atom. The molecule has 0 atom stereocenters. The number of nitrogens with one attached hydrogen (secondary N) is 1. The summed E-state index contributed by atoms with van der Waals surface area (Å²) in [5.41, 5.74) is 5.36. The van der Waals surface area contributed by atoms with E-state index in [0.29, 0.717) is 35.0 Å². The second-order valence-electron chi connectivity index (χ2n) is 9.51. The minimum atomic E-state index is -0.969. The van der Waals surface area contributed by atoms with Crippen LogP contribution in [0.2, 0.25) is 0 Å². The summed E-state index contributed by atoms with van der Waals surface area (Å²) in [4.78, 5) is 21.3. The third-order valence-corrected chi connectivity index (χ3v) is 6.87. The van der Waals surface area contributed by atoms with Crippen LogP contribution in [-0.2, 0) is 0 Å². The number of benzene rings is 1. The highest BCUT2D eigenvalue weighted by Crippen LogP contribution is 2.49. The normalized spacial score (nSPS) is 15.1. The summed E-state index contributed by atoms with van der Waals surface area (Å²) in [6.45, 7) is 1.99. The summed E-state index contributed by atoms with van der Waals surface area (Å²) in [5.74, 6) is 1.61. The predicted octanol–water partition coefficient (Wildman–Crippen LogP) is 5.84. The van der Waals surface area contributed by atoms with Gasteiger partial charge >= 0.3 is 5.97 Å². The van der Waals surface area contributed by atoms with Crippen molar-refractivity contribution in [1.29, 1.82) is 0 Å². The Balaban J connectivity index is 1.59. The van der Waals surface area contributed by atoms with Gasteiger partial charge in [-0.2, -0.15) is 9.78 Å². The highest BCUT2D eigenvalue weighted by atomic mass is 16.5. The number of aromatic carboxylic acids is 1. The van der Waals surface area contributed by atoms with E-state index >= 15 is 0 Å². The first-order valence-electron chi connectivity index (χ1n) is 12.2. The van der Waals surface area contributed by atoms with Gasteiger partial charge in [0.25, 0.3) is 0 Å². The van der Waals surface area contributed by atoms with Crippen LogP contribution in [0.25, 0.3) is 16.9 Å². The van der Waals surface area contributed by atoms with E-state index in [9.17, 15) is 9.90 Å². The molecule has 8 nitrogen and oxygen atoms in total. The van der Waals surface area contributed by atoms with Gasteiger partial charge in [-0.25, -0.2) is 14.8 Å². The van der Waals surface area contributed by atoms with Gasteiger partial charge in [0.15, 0.2) is 5.82 Å². The Morgan fingerprint density at radius 2 is 1.81 bits per heavy atom. The van der Waals surface area contributed by atoms with Crippen LogP contribution in [0, 0.1) is 6.92 Å². The number of ether oxygens (including phenoxy) is 1. The number of rotatable bonds is 8. The highest BCUT2D eigenvalue weighted by Gasteiger charge is 2.35. The molecule has 0 bridgehead atoms. The van der Waals surface area contributed by atoms with Crippen molar-refractivity contribution in [3.8, 4) is 22.8 Å². The number of anilines is 2. The molecular formula is C28H27N5O3. The average Bonchev–Trinajstić information content (AvgIpc) is 3.82. The summed E-state index contributed by atoms with van der Waals surface area (Å²) in [5, 5.41) is 18.6. The monoisotopic (exact) mass is 481 g/mol. The largest absolute Gasteiger partial charge is 0.481 e. The molecule has 3 aromatic heterocycles. The van der Waals surface area contributed by atoms with E-state index in [2.05, 4.69) is 15.3 Å². The molecule has 2 N–H and O–H groups in total. The molecule has 0 saturated heterocycles. The van der Waals surface area contributed by atoms with Gasteiger partial charge < -0.3 is 15.2 Å². The standard InChI is InChI=1S/C28H27N5O3/c1-16-5-3-13-29-25(16)33-26(31-22-12-11-19(17-7-8-17)15-21(22)28(34)35)23(24(32-33)18-9-10-18)20-6-4-14-30-27(20)36-2/h3-6,11-15,17-18,31H,7-10H2,1-2H3,(H,34,35). The lowest BCUT2D eigenvalue weighted by molar-refractivity contribution is 0.0698. The molecule has 4 aromatic rings. The van der Waals surface area contributed by atoms with Gasteiger partial charge in [-0.05, 0) is 80.0 Å². The van der Waals surface area contributed by atoms with Gasteiger partial charge in [0.1, 0.15) is 5.82 Å². The van der Waals surface area contributed by atoms with Crippen LogP contribution in [0.15, 0.2) is 54.9 Å². The molecule has 0 unspecified atom stereocenters. The molecular weight excluding hydrogens is 454 g/mol. The number of carboxylic acid groups (broad SMARTS) is 1. The number of hydrogen-bond donors (Lipinski definition) is 2. The van der Waals surface area contributed by atoms with Crippen LogP contribution < -0.4 is 10.1 Å². The molecule has 2 saturated carbocycles. The predicted molar refractivity (Wildman–Crippen MR) is 137 cm³/mol. The van der Waals surface area contributed by atoms with Gasteiger partial charge in [0.05, 0.1) is 29.6 Å². The summed E-state index contributed by atoms with van der Waals surface area (Å²) >= 11 is 0. The van der Waals surface area contributed by atoms with E-state index in [1.807, 2.05) is 43.3 Å². The van der Waals surface area contributed by atoms with Crippen molar-refractivity contribution in [2.45, 2.75) is 44.4 Å². The summed E-state index contributed by atoms with van der Waals surface area (Å²) in [7, 11) is 1.60. The van der Waals surface area contributed by atoms with Gasteiger partial charge in [0, 0.05) is 23.9 Å². The average molecular weight is 482 g/mol. The van der Waals surface area contributed by atoms with E-state index in [-0.39, 0.29) is 5.56 Å². The molecule has 0 aliphatic heterocycles. The first kappa shape index (κ1) is 22.3. The fraction of sp³-hybridized carbons (Fsp3) is 0.286. The fourth-order valence-corrected chi connectivity index (χ4v) is 4.70. The van der Waals surface area contributed by atoms with Crippen molar-refractivity contribution in [2.24, 2.45) is 0 Å². The molecule has 0 spiro atoms. The van der Waals surface area contributed by atoms with E-state index in [4.69, 9.17) is 9.84 Å². The lowest BCUT2D eigenvalue weighted by Crippen LogP contribution is -2.09. The molecule has 2 fully saturated rings. The molecule has 2 aliphatic rings. The zero-order valence-corrected chi connectivity index (χ0v) is 20.2. The number of methoxy groups -OCH3 is 1. The van der Waals surface area contributed by atoms with E-state index < -0.39 is 5.97 Å². The molecule has 2 aliphatic carbocycles. The lowest BCUT2D eigenvalue weighted by atomic mass is 10.0. The Hall–Kier alpha value is -4.20. The second-order valence-corrected chi connectivity index (χ2v) is 9.51. The zero-order chi connectivity index (χ0) is 24.8. The van der Waals surface area contributed by atoms with Crippen molar-refractivity contribution >= 4 is 17.5 Å². The van der Waals surface area contributed by atoms with E-state index in [1.165, 1.54) is 0 Å². The first-order chi connectivity index (χ1) is 17.5. The molecule has 6 rings (SSSR count). The van der Waals surface area contributed by atoms with Crippen LogP contribution in [0.3, 0.4) is 0 Å². The van der Waals surface area contributed by atoms with Crippen LogP contribution in [0.1, 0.15) is 64.7 Å². The summed E-state index contributed by atoms with van der Waals surface area (Å²) in [6.07, 6.45) is 7.73. The topological polar surface area (TPSA) is 102 Å². The van der Waals surface area contributed by atoms with Crippen molar-refractivity contribution in [2.75, 3.05) is 12.4 Å². The maximum absolute atomic E-state index is 12.3. The van der Waals surface area contributed by atoms with Gasteiger partial charge in [-0.15, -0.1) is 0 Å². The minimum absolute atomic E-state index is 0.238. The first-order valence-corrected chi connectivity index (χ1v) is 12.2. The van der Waals surface area contributed by atoms with Crippen LogP contribution in [0.5, 0.6) is 5.88 Å². The van der Waals surface area contributed by atoms with Crippen molar-refractivity contribution in [3.05, 3.63) is 77.2 Å². The Kier molecular flexibility index (Phi) is 5.44. The number of hydrogen-bond acceptors (Lipinski definition) is 6. The molecule has 3 heterocycles. The number of nitrogens with zero attached hydrogens (tertiary/aromatic N) is 4. The SMILES string of the molecule is COc1ncccc1-c1c(C2CC2)nn(-c2ncccc2C)c1Nc1ccc(C2CC2)cc1C(=O)O. The minimum Gasteiger partial charge on any atom is -0.481 e. The quantitative estimate of drug-likeness (QED) is 0.326. The third-order valence-electron chi connectivity index (χ3n) is 6.87. The number of pyridine rings is 2.